The predicted molar refractivity (Wildman–Crippen MR) is 132 cm³/mol. The number of ether oxygens (including phenoxy) is 1. The Morgan fingerprint density at radius 2 is 1.78 bits per heavy atom. The van der Waals surface area contributed by atoms with Crippen LogP contribution in [-0.4, -0.2) is 70.6 Å². The van der Waals surface area contributed by atoms with Crippen LogP contribution in [0.3, 0.4) is 0 Å². The topological polar surface area (TPSA) is 96.0 Å². The Morgan fingerprint density at radius 3 is 2.33 bits per heavy atom. The average Bonchev–Trinajstić information content (AvgIpc) is 3.40. The quantitative estimate of drug-likeness (QED) is 0.551. The minimum absolute atomic E-state index is 0.172. The molecule has 8 nitrogen and oxygen atoms in total. The zero-order valence-electron chi connectivity index (χ0n) is 22.0. The first-order valence-electron chi connectivity index (χ1n) is 12.6. The number of nitrogens with zero attached hydrogens (tertiary/aromatic N) is 2. The van der Waals surface area contributed by atoms with Crippen molar-refractivity contribution in [3.05, 3.63) is 35.6 Å². The summed E-state index contributed by atoms with van der Waals surface area (Å²) in [5.74, 6) is -2.13. The highest BCUT2D eigenvalue weighted by molar-refractivity contribution is 6.35. The number of benzene rings is 1. The van der Waals surface area contributed by atoms with Gasteiger partial charge in [0.15, 0.2) is 0 Å². The number of nitrogens with one attached hydrogen (secondary N) is 1. The molecule has 1 aromatic rings. The van der Waals surface area contributed by atoms with Crippen molar-refractivity contribution in [2.24, 2.45) is 11.3 Å². The number of halogens is 1. The van der Waals surface area contributed by atoms with Crippen LogP contribution in [0.25, 0.3) is 0 Å². The number of amides is 3. The van der Waals surface area contributed by atoms with Gasteiger partial charge in [0.05, 0.1) is 24.8 Å². The van der Waals surface area contributed by atoms with Gasteiger partial charge in [-0.3, -0.25) is 19.2 Å². The molecule has 2 saturated heterocycles. The number of rotatable bonds is 8. The van der Waals surface area contributed by atoms with Gasteiger partial charge in [0.25, 0.3) is 5.91 Å². The number of ketones is 1. The first-order chi connectivity index (χ1) is 16.8. The molecule has 9 heteroatoms. The molecule has 2 heterocycles. The second kappa shape index (κ2) is 11.1. The smallest absolute Gasteiger partial charge is 0.290 e. The lowest BCUT2D eigenvalue weighted by Gasteiger charge is -2.37. The minimum atomic E-state index is -0.756. The van der Waals surface area contributed by atoms with Crippen LogP contribution in [0, 0.1) is 17.2 Å². The van der Waals surface area contributed by atoms with Crippen LogP contribution in [0.4, 0.5) is 4.39 Å². The Labute approximate surface area is 212 Å². The molecular weight excluding hydrogens is 465 g/mol. The molecule has 0 saturated carbocycles. The van der Waals surface area contributed by atoms with Crippen LogP contribution in [0.15, 0.2) is 24.3 Å². The van der Waals surface area contributed by atoms with Gasteiger partial charge in [0.1, 0.15) is 11.9 Å². The lowest BCUT2D eigenvalue weighted by Crippen LogP contribution is -2.58. The summed E-state index contributed by atoms with van der Waals surface area (Å²) in [5, 5.41) is 2.95. The summed E-state index contributed by atoms with van der Waals surface area (Å²) in [4.78, 5) is 54.4. The first-order valence-corrected chi connectivity index (χ1v) is 12.6. The molecule has 1 aromatic carbocycles. The molecule has 198 valence electrons. The number of Topliss-reactive ketones (excluding diaryl/α,β-unsaturated/α-hetero) is 1. The summed E-state index contributed by atoms with van der Waals surface area (Å²) < 4.78 is 19.5. The fourth-order valence-corrected chi connectivity index (χ4v) is 4.94. The third-order valence-electron chi connectivity index (χ3n) is 7.26. The van der Waals surface area contributed by atoms with E-state index in [-0.39, 0.29) is 42.7 Å². The molecule has 5 atom stereocenters. The zero-order chi connectivity index (χ0) is 26.8. The van der Waals surface area contributed by atoms with E-state index in [2.05, 4.69) is 5.32 Å². The normalized spacial score (nSPS) is 23.2. The molecule has 2 aliphatic rings. The maximum Gasteiger partial charge on any atom is 0.290 e. The summed E-state index contributed by atoms with van der Waals surface area (Å²) in [6, 6.07) is 4.38. The Kier molecular flexibility index (Phi) is 8.54. The molecule has 0 bridgehead atoms. The van der Waals surface area contributed by atoms with Crippen LogP contribution < -0.4 is 5.32 Å². The Bertz CT molecular complexity index is 990. The second-order valence-corrected chi connectivity index (χ2v) is 11.0. The van der Waals surface area contributed by atoms with Crippen molar-refractivity contribution in [2.75, 3.05) is 13.1 Å². The van der Waals surface area contributed by atoms with Gasteiger partial charge in [-0.15, -0.1) is 0 Å². The van der Waals surface area contributed by atoms with Crippen LogP contribution in [0.1, 0.15) is 59.9 Å². The van der Waals surface area contributed by atoms with Gasteiger partial charge in [-0.05, 0) is 36.0 Å². The van der Waals surface area contributed by atoms with E-state index in [9.17, 15) is 23.6 Å². The van der Waals surface area contributed by atoms with E-state index in [1.165, 1.54) is 24.0 Å². The van der Waals surface area contributed by atoms with Gasteiger partial charge in [0.2, 0.25) is 17.6 Å². The third-order valence-corrected chi connectivity index (χ3v) is 7.26. The largest absolute Gasteiger partial charge is 0.369 e. The Hall–Kier alpha value is -2.81. The molecule has 3 amide bonds. The summed E-state index contributed by atoms with van der Waals surface area (Å²) >= 11 is 0. The Balaban J connectivity index is 1.86. The van der Waals surface area contributed by atoms with Crippen molar-refractivity contribution in [3.63, 3.8) is 0 Å². The number of hydrogen-bond donors (Lipinski definition) is 1. The van der Waals surface area contributed by atoms with Gasteiger partial charge in [-0.1, -0.05) is 46.8 Å². The molecule has 2 aliphatic heterocycles. The van der Waals surface area contributed by atoms with E-state index in [0.717, 1.165) is 5.56 Å². The molecule has 1 N–H and O–H groups in total. The maximum absolute atomic E-state index is 13.9. The highest BCUT2D eigenvalue weighted by atomic mass is 19.1. The van der Waals surface area contributed by atoms with Crippen molar-refractivity contribution in [2.45, 2.75) is 85.2 Å². The lowest BCUT2D eigenvalue weighted by molar-refractivity contribution is -0.144. The number of hydrogen-bond acceptors (Lipinski definition) is 5. The molecule has 0 spiro atoms. The number of carbonyl (C=O) groups is 4. The van der Waals surface area contributed by atoms with Crippen molar-refractivity contribution in [3.8, 4) is 0 Å². The van der Waals surface area contributed by atoms with Crippen molar-refractivity contribution in [1.29, 1.82) is 0 Å². The first kappa shape index (κ1) is 27.8. The van der Waals surface area contributed by atoms with E-state index in [4.69, 9.17) is 4.74 Å². The van der Waals surface area contributed by atoms with E-state index in [1.54, 1.807) is 17.0 Å². The maximum atomic E-state index is 13.9. The van der Waals surface area contributed by atoms with Crippen LogP contribution in [0.2, 0.25) is 0 Å². The number of fused-ring (bicyclic) bond motifs is 1. The van der Waals surface area contributed by atoms with E-state index >= 15 is 0 Å². The zero-order valence-corrected chi connectivity index (χ0v) is 22.0. The van der Waals surface area contributed by atoms with Gasteiger partial charge in [-0.25, -0.2) is 4.39 Å². The van der Waals surface area contributed by atoms with Gasteiger partial charge in [-0.2, -0.15) is 0 Å². The lowest BCUT2D eigenvalue weighted by atomic mass is 9.85. The van der Waals surface area contributed by atoms with Crippen LogP contribution in [-0.2, 0) is 30.5 Å². The summed E-state index contributed by atoms with van der Waals surface area (Å²) in [6.07, 6.45) is 0.648. The molecule has 0 unspecified atom stereocenters. The standard InChI is InChI=1S/C27H38FN3O5/c1-7-16(2)24(33)29-23(27(4,5)6)26(35)30-13-12-20-22(30)21(14-31(20)25(34)17(3)32)36-15-18-8-10-19(28)11-9-18/h8-11,16,20-23H,7,12-15H2,1-6H3,(H,29,33)/t16-,20-,21+,22+,23-/m1/s1. The van der Waals surface area contributed by atoms with Gasteiger partial charge < -0.3 is 19.9 Å². The molecule has 0 radical (unpaired) electrons. The fourth-order valence-electron chi connectivity index (χ4n) is 4.94. The number of carbonyl (C=O) groups excluding carboxylic acids is 4. The molecule has 0 aliphatic carbocycles. The molecule has 2 fully saturated rings. The summed E-state index contributed by atoms with van der Waals surface area (Å²) in [5.41, 5.74) is 0.213. The molecule has 0 aromatic heterocycles. The summed E-state index contributed by atoms with van der Waals surface area (Å²) in [7, 11) is 0. The second-order valence-electron chi connectivity index (χ2n) is 11.0. The highest BCUT2D eigenvalue weighted by Gasteiger charge is 2.54. The highest BCUT2D eigenvalue weighted by Crippen LogP contribution is 2.36. The van der Waals surface area contributed by atoms with Crippen LogP contribution >= 0.6 is 0 Å². The summed E-state index contributed by atoms with van der Waals surface area (Å²) in [6.45, 7) is 11.4. The van der Waals surface area contributed by atoms with Gasteiger partial charge in [0, 0.05) is 25.9 Å². The SMILES string of the molecule is CC[C@@H](C)C(=O)N[C@H](C(=O)N1CC[C@@H]2[C@H]1[C@@H](OCc1ccc(F)cc1)CN2C(=O)C(C)=O)C(C)(C)C. The fraction of sp³-hybridized carbons (Fsp3) is 0.630. The van der Waals surface area contributed by atoms with Crippen molar-refractivity contribution >= 4 is 23.5 Å². The molecular formula is C27H38FN3O5. The van der Waals surface area contributed by atoms with E-state index in [1.807, 2.05) is 34.6 Å². The molecule has 36 heavy (non-hydrogen) atoms. The molecule has 3 rings (SSSR count). The Morgan fingerprint density at radius 1 is 1.14 bits per heavy atom. The predicted octanol–water partition coefficient (Wildman–Crippen LogP) is 2.69. The van der Waals surface area contributed by atoms with Crippen molar-refractivity contribution in [1.82, 2.24) is 15.1 Å². The van der Waals surface area contributed by atoms with Crippen LogP contribution in [0.5, 0.6) is 0 Å². The number of likely N-dealkylation sites (tertiary alicyclic amines) is 2. The monoisotopic (exact) mass is 503 g/mol. The van der Waals surface area contributed by atoms with Crippen molar-refractivity contribution < 1.29 is 28.3 Å². The minimum Gasteiger partial charge on any atom is -0.369 e. The van der Waals surface area contributed by atoms with E-state index < -0.39 is 35.3 Å². The van der Waals surface area contributed by atoms with E-state index in [0.29, 0.717) is 19.4 Å². The third kappa shape index (κ3) is 5.94. The average molecular weight is 504 g/mol. The van der Waals surface area contributed by atoms with Gasteiger partial charge >= 0.3 is 0 Å².